The van der Waals surface area contributed by atoms with Crippen LogP contribution < -0.4 is 20.9 Å². The smallest absolute Gasteiger partial charge is 0.315 e. The Kier molecular flexibility index (Phi) is 7.59. The molecule has 1 aliphatic heterocycles. The Morgan fingerprint density at radius 3 is 2.50 bits per heavy atom. The third-order valence-electron chi connectivity index (χ3n) is 5.01. The number of rotatable bonds is 8. The molecule has 1 aromatic carbocycles. The quantitative estimate of drug-likeness (QED) is 0.619. The fourth-order valence-corrected chi connectivity index (χ4v) is 3.37. The first-order valence-electron chi connectivity index (χ1n) is 10.4. The SMILES string of the molecule is CCCC(NC(=O)NCc1ccc(F)cc1)C(=O)Nc1ccc(N2CCCC2)nc1. The average Bonchev–Trinajstić information content (AvgIpc) is 3.28. The standard InChI is InChI=1S/C22H28FN5O2/c1-2-5-19(27-22(30)25-14-16-6-8-17(23)9-7-16)21(29)26-18-10-11-20(24-15-18)28-12-3-4-13-28/h6-11,15,19H,2-5,12-14H2,1H3,(H,26,29)(H2,25,27,30). The van der Waals surface area contributed by atoms with Gasteiger partial charge in [0.25, 0.3) is 0 Å². The molecule has 1 atom stereocenters. The summed E-state index contributed by atoms with van der Waals surface area (Å²) in [4.78, 5) is 31.5. The zero-order valence-electron chi connectivity index (χ0n) is 17.2. The molecule has 30 heavy (non-hydrogen) atoms. The van der Waals surface area contributed by atoms with Crippen molar-refractivity contribution in [2.75, 3.05) is 23.3 Å². The van der Waals surface area contributed by atoms with Crippen LogP contribution in [-0.2, 0) is 11.3 Å². The lowest BCUT2D eigenvalue weighted by Gasteiger charge is -2.19. The third-order valence-corrected chi connectivity index (χ3v) is 5.01. The Labute approximate surface area is 176 Å². The summed E-state index contributed by atoms with van der Waals surface area (Å²) in [6, 6.07) is 8.50. The summed E-state index contributed by atoms with van der Waals surface area (Å²) >= 11 is 0. The average molecular weight is 413 g/mol. The van der Waals surface area contributed by atoms with Gasteiger partial charge in [-0.15, -0.1) is 0 Å². The number of carbonyl (C=O) groups is 2. The number of urea groups is 1. The lowest BCUT2D eigenvalue weighted by Crippen LogP contribution is -2.47. The molecule has 3 N–H and O–H groups in total. The minimum absolute atomic E-state index is 0.245. The monoisotopic (exact) mass is 413 g/mol. The van der Waals surface area contributed by atoms with E-state index in [1.165, 1.54) is 25.0 Å². The Bertz CT molecular complexity index is 836. The van der Waals surface area contributed by atoms with Gasteiger partial charge < -0.3 is 20.9 Å². The predicted octanol–water partition coefficient (Wildman–Crippen LogP) is 3.43. The van der Waals surface area contributed by atoms with Crippen LogP contribution in [0.5, 0.6) is 0 Å². The van der Waals surface area contributed by atoms with E-state index in [0.717, 1.165) is 30.9 Å². The maximum atomic E-state index is 13.0. The van der Waals surface area contributed by atoms with Gasteiger partial charge in [-0.1, -0.05) is 25.5 Å². The van der Waals surface area contributed by atoms with Crippen LogP contribution in [-0.4, -0.2) is 36.1 Å². The molecule has 0 radical (unpaired) electrons. The van der Waals surface area contributed by atoms with E-state index < -0.39 is 12.1 Å². The van der Waals surface area contributed by atoms with Crippen LogP contribution in [0.3, 0.4) is 0 Å². The van der Waals surface area contributed by atoms with Crippen molar-refractivity contribution in [3.05, 3.63) is 54.0 Å². The summed E-state index contributed by atoms with van der Waals surface area (Å²) in [7, 11) is 0. The van der Waals surface area contributed by atoms with Gasteiger partial charge in [0.2, 0.25) is 5.91 Å². The zero-order valence-corrected chi connectivity index (χ0v) is 17.2. The second kappa shape index (κ2) is 10.6. The van der Waals surface area contributed by atoms with E-state index in [1.54, 1.807) is 18.3 Å². The van der Waals surface area contributed by atoms with E-state index in [0.29, 0.717) is 12.1 Å². The van der Waals surface area contributed by atoms with Gasteiger partial charge in [-0.05, 0) is 49.1 Å². The number of nitrogens with one attached hydrogen (secondary N) is 3. The minimum Gasteiger partial charge on any atom is -0.357 e. The molecule has 2 heterocycles. The van der Waals surface area contributed by atoms with E-state index >= 15 is 0 Å². The normalized spacial score (nSPS) is 14.3. The Morgan fingerprint density at radius 1 is 1.13 bits per heavy atom. The number of hydrogen-bond acceptors (Lipinski definition) is 4. The lowest BCUT2D eigenvalue weighted by molar-refractivity contribution is -0.118. The van der Waals surface area contributed by atoms with Crippen molar-refractivity contribution in [3.8, 4) is 0 Å². The highest BCUT2D eigenvalue weighted by atomic mass is 19.1. The first-order chi connectivity index (χ1) is 14.5. The molecule has 1 aliphatic rings. The lowest BCUT2D eigenvalue weighted by atomic mass is 10.1. The number of halogens is 1. The summed E-state index contributed by atoms with van der Waals surface area (Å²) in [5.74, 6) is 0.296. The summed E-state index contributed by atoms with van der Waals surface area (Å²) in [6.45, 7) is 4.21. The topological polar surface area (TPSA) is 86.4 Å². The number of benzene rings is 1. The Balaban J connectivity index is 1.51. The van der Waals surface area contributed by atoms with Crippen LogP contribution in [0.25, 0.3) is 0 Å². The number of carbonyl (C=O) groups excluding carboxylic acids is 2. The first kappa shape index (κ1) is 21.5. The Morgan fingerprint density at radius 2 is 1.87 bits per heavy atom. The third kappa shape index (κ3) is 6.17. The molecule has 3 rings (SSSR count). The van der Waals surface area contributed by atoms with Crippen LogP contribution in [0.15, 0.2) is 42.6 Å². The molecule has 0 saturated carbocycles. The van der Waals surface area contributed by atoms with Gasteiger partial charge >= 0.3 is 6.03 Å². The van der Waals surface area contributed by atoms with Gasteiger partial charge in [-0.25, -0.2) is 14.2 Å². The zero-order chi connectivity index (χ0) is 21.3. The Hall–Kier alpha value is -3.16. The van der Waals surface area contributed by atoms with E-state index in [-0.39, 0.29) is 18.3 Å². The summed E-state index contributed by atoms with van der Waals surface area (Å²) in [6.07, 6.45) is 5.24. The highest BCUT2D eigenvalue weighted by Crippen LogP contribution is 2.19. The molecule has 0 aliphatic carbocycles. The van der Waals surface area contributed by atoms with Crippen LogP contribution in [0.2, 0.25) is 0 Å². The van der Waals surface area contributed by atoms with E-state index in [2.05, 4.69) is 25.8 Å². The second-order valence-corrected chi connectivity index (χ2v) is 7.38. The molecule has 8 heteroatoms. The second-order valence-electron chi connectivity index (χ2n) is 7.38. The van der Waals surface area contributed by atoms with E-state index in [4.69, 9.17) is 0 Å². The first-order valence-corrected chi connectivity index (χ1v) is 10.4. The molecule has 0 spiro atoms. The fraction of sp³-hybridized carbons (Fsp3) is 0.409. The largest absolute Gasteiger partial charge is 0.357 e. The van der Waals surface area contributed by atoms with Crippen molar-refractivity contribution in [1.82, 2.24) is 15.6 Å². The maximum absolute atomic E-state index is 13.0. The number of nitrogens with zero attached hydrogens (tertiary/aromatic N) is 2. The number of anilines is 2. The van der Waals surface area contributed by atoms with E-state index in [9.17, 15) is 14.0 Å². The van der Waals surface area contributed by atoms with Crippen LogP contribution in [0.4, 0.5) is 20.7 Å². The molecule has 2 aromatic rings. The van der Waals surface area contributed by atoms with Crippen molar-refractivity contribution in [3.63, 3.8) is 0 Å². The van der Waals surface area contributed by atoms with Gasteiger partial charge in [-0.2, -0.15) is 0 Å². The number of aromatic nitrogens is 1. The molecule has 7 nitrogen and oxygen atoms in total. The van der Waals surface area contributed by atoms with Crippen molar-refractivity contribution >= 4 is 23.4 Å². The molecule has 1 aromatic heterocycles. The maximum Gasteiger partial charge on any atom is 0.315 e. The van der Waals surface area contributed by atoms with Crippen molar-refractivity contribution in [2.24, 2.45) is 0 Å². The predicted molar refractivity (Wildman–Crippen MR) is 115 cm³/mol. The molecule has 3 amide bonds. The van der Waals surface area contributed by atoms with Gasteiger partial charge in [0.1, 0.15) is 17.7 Å². The van der Waals surface area contributed by atoms with Gasteiger partial charge in [0, 0.05) is 19.6 Å². The highest BCUT2D eigenvalue weighted by molar-refractivity contribution is 5.96. The van der Waals surface area contributed by atoms with Crippen molar-refractivity contribution < 1.29 is 14.0 Å². The minimum atomic E-state index is -0.665. The van der Waals surface area contributed by atoms with Gasteiger partial charge in [0.05, 0.1) is 11.9 Å². The highest BCUT2D eigenvalue weighted by Gasteiger charge is 2.20. The van der Waals surface area contributed by atoms with Crippen LogP contribution in [0.1, 0.15) is 38.2 Å². The number of hydrogen-bond donors (Lipinski definition) is 3. The molecule has 1 fully saturated rings. The number of pyridine rings is 1. The van der Waals surface area contributed by atoms with Crippen molar-refractivity contribution in [1.29, 1.82) is 0 Å². The van der Waals surface area contributed by atoms with Crippen LogP contribution in [0, 0.1) is 5.82 Å². The summed E-state index contributed by atoms with van der Waals surface area (Å²) < 4.78 is 13.0. The molecule has 0 bridgehead atoms. The van der Waals surface area contributed by atoms with Gasteiger partial charge in [0.15, 0.2) is 0 Å². The van der Waals surface area contributed by atoms with Gasteiger partial charge in [-0.3, -0.25) is 4.79 Å². The van der Waals surface area contributed by atoms with E-state index in [1.807, 2.05) is 19.1 Å². The van der Waals surface area contributed by atoms with Crippen LogP contribution >= 0.6 is 0 Å². The molecular weight excluding hydrogens is 385 g/mol. The molecule has 160 valence electrons. The summed E-state index contributed by atoms with van der Waals surface area (Å²) in [5, 5.41) is 8.23. The van der Waals surface area contributed by atoms with Crippen molar-refractivity contribution in [2.45, 2.75) is 45.2 Å². The summed E-state index contributed by atoms with van der Waals surface area (Å²) in [5.41, 5.74) is 1.37. The number of amides is 3. The molecule has 1 saturated heterocycles. The molecule has 1 unspecified atom stereocenters. The molecular formula is C22H28FN5O2. The fourth-order valence-electron chi connectivity index (χ4n) is 3.37.